The number of para-hydroxylation sites is 1. The van der Waals surface area contributed by atoms with Crippen molar-refractivity contribution in [2.75, 3.05) is 18.6 Å². The zero-order valence-corrected chi connectivity index (χ0v) is 18.1. The van der Waals surface area contributed by atoms with Crippen molar-refractivity contribution in [3.8, 4) is 5.75 Å². The largest absolute Gasteiger partial charge is 0.494 e. The molecule has 0 saturated heterocycles. The van der Waals surface area contributed by atoms with Crippen LogP contribution in [0.5, 0.6) is 5.75 Å². The molecule has 1 saturated carbocycles. The quantitative estimate of drug-likeness (QED) is 0.712. The molecule has 7 heteroatoms. The van der Waals surface area contributed by atoms with E-state index in [1.54, 1.807) is 30.1 Å². The molecule has 2 aromatic rings. The van der Waals surface area contributed by atoms with E-state index in [0.717, 1.165) is 48.1 Å². The maximum atomic E-state index is 13.0. The van der Waals surface area contributed by atoms with Crippen LogP contribution >= 0.6 is 0 Å². The molecule has 4 rings (SSSR count). The Labute approximate surface area is 177 Å². The number of anilines is 1. The molecular formula is C23H26N2O4S. The van der Waals surface area contributed by atoms with Gasteiger partial charge < -0.3 is 9.64 Å². The fourth-order valence-corrected chi connectivity index (χ4v) is 5.20. The molecule has 0 unspecified atom stereocenters. The minimum absolute atomic E-state index is 0.0463. The molecule has 0 spiro atoms. The van der Waals surface area contributed by atoms with E-state index in [-0.39, 0.29) is 17.3 Å². The third-order valence-corrected chi connectivity index (χ3v) is 7.11. The number of sulfonamides is 1. The Balaban J connectivity index is 1.64. The molecular weight excluding hydrogens is 400 g/mol. The van der Waals surface area contributed by atoms with Crippen molar-refractivity contribution in [3.63, 3.8) is 0 Å². The van der Waals surface area contributed by atoms with Gasteiger partial charge in [0.05, 0.1) is 17.2 Å². The van der Waals surface area contributed by atoms with Gasteiger partial charge in [0, 0.05) is 30.3 Å². The lowest BCUT2D eigenvalue weighted by Gasteiger charge is -2.13. The van der Waals surface area contributed by atoms with E-state index >= 15 is 0 Å². The number of ether oxygens (including phenoxy) is 1. The first kappa shape index (κ1) is 20.6. The molecule has 0 aromatic heterocycles. The molecule has 1 aliphatic carbocycles. The van der Waals surface area contributed by atoms with E-state index in [2.05, 4.69) is 4.72 Å². The summed E-state index contributed by atoms with van der Waals surface area (Å²) in [5.41, 5.74) is 4.07. The van der Waals surface area contributed by atoms with Gasteiger partial charge in [-0.15, -0.1) is 0 Å². The summed E-state index contributed by atoms with van der Waals surface area (Å²) in [4.78, 5) is 14.6. The summed E-state index contributed by atoms with van der Waals surface area (Å²) in [5, 5.41) is 0. The summed E-state index contributed by atoms with van der Waals surface area (Å²) < 4.78 is 34.2. The highest BCUT2D eigenvalue weighted by molar-refractivity contribution is 7.89. The van der Waals surface area contributed by atoms with Gasteiger partial charge in [-0.1, -0.05) is 23.8 Å². The second-order valence-corrected chi connectivity index (χ2v) is 9.36. The van der Waals surface area contributed by atoms with Gasteiger partial charge in [-0.05, 0) is 56.9 Å². The van der Waals surface area contributed by atoms with Crippen LogP contribution in [-0.2, 0) is 21.4 Å². The first-order valence-electron chi connectivity index (χ1n) is 10.3. The van der Waals surface area contributed by atoms with Crippen LogP contribution in [0.3, 0.4) is 0 Å². The number of allylic oxidation sites excluding steroid dienone is 1. The van der Waals surface area contributed by atoms with Gasteiger partial charge in [-0.2, -0.15) is 0 Å². The Kier molecular flexibility index (Phi) is 5.66. The Bertz CT molecular complexity index is 1110. The van der Waals surface area contributed by atoms with Crippen molar-refractivity contribution in [3.05, 3.63) is 59.2 Å². The van der Waals surface area contributed by atoms with Crippen LogP contribution in [0, 0.1) is 0 Å². The van der Waals surface area contributed by atoms with Crippen LogP contribution in [0.4, 0.5) is 5.69 Å². The minimum atomic E-state index is -3.75. The van der Waals surface area contributed by atoms with E-state index < -0.39 is 10.0 Å². The highest BCUT2D eigenvalue weighted by Crippen LogP contribution is 2.42. The molecule has 1 fully saturated rings. The van der Waals surface area contributed by atoms with Gasteiger partial charge in [0.1, 0.15) is 5.75 Å². The summed E-state index contributed by atoms with van der Waals surface area (Å²) in [7, 11) is -2.01. The average Bonchev–Trinajstić information content (AvgIpc) is 3.34. The summed E-state index contributed by atoms with van der Waals surface area (Å²) in [6, 6.07) is 12.3. The number of amides is 1. The van der Waals surface area contributed by atoms with Gasteiger partial charge in [0.2, 0.25) is 10.0 Å². The zero-order chi connectivity index (χ0) is 21.3. The number of benzene rings is 2. The number of likely N-dealkylation sites (N-methyl/N-ethyl adjacent to an activating group) is 1. The average molecular weight is 427 g/mol. The Morgan fingerprint density at radius 3 is 2.57 bits per heavy atom. The topological polar surface area (TPSA) is 75.7 Å². The molecule has 1 amide bonds. The number of rotatable bonds is 6. The van der Waals surface area contributed by atoms with Crippen LogP contribution in [0.25, 0.3) is 5.57 Å². The normalized spacial score (nSPS) is 16.3. The Hall–Kier alpha value is -2.64. The fourth-order valence-electron chi connectivity index (χ4n) is 4.16. The van der Waals surface area contributed by atoms with E-state index in [1.807, 2.05) is 31.2 Å². The third-order valence-electron chi connectivity index (χ3n) is 5.71. The summed E-state index contributed by atoms with van der Waals surface area (Å²) >= 11 is 0. The van der Waals surface area contributed by atoms with Gasteiger partial charge in [-0.3, -0.25) is 4.79 Å². The first-order chi connectivity index (χ1) is 14.4. The summed E-state index contributed by atoms with van der Waals surface area (Å²) in [6.45, 7) is 2.52. The molecule has 0 atom stereocenters. The van der Waals surface area contributed by atoms with Crippen molar-refractivity contribution in [2.45, 2.75) is 44.0 Å². The molecule has 2 aliphatic rings. The molecule has 2 aromatic carbocycles. The lowest BCUT2D eigenvalue weighted by Crippen LogP contribution is -2.23. The van der Waals surface area contributed by atoms with E-state index in [0.29, 0.717) is 17.9 Å². The Morgan fingerprint density at radius 1 is 1.10 bits per heavy atom. The third kappa shape index (κ3) is 3.75. The molecule has 0 radical (unpaired) electrons. The molecule has 0 bridgehead atoms. The highest BCUT2D eigenvalue weighted by atomic mass is 32.2. The fraction of sp³-hybridized carbons (Fsp3) is 0.348. The minimum Gasteiger partial charge on any atom is -0.494 e. The molecule has 158 valence electrons. The van der Waals surface area contributed by atoms with Crippen LogP contribution in [-0.4, -0.2) is 28.0 Å². The standard InChI is InChI=1S/C23H26N2O4S/c1-3-29-21-11-7-6-10-17(21)15-24-30(27,28)18-12-13-20-19(14-18)22(23(26)25(20)2)16-8-4-5-9-16/h6-7,10-14,24H,3-5,8-9,15H2,1-2H3. The lowest BCUT2D eigenvalue weighted by atomic mass is 10.00. The number of nitrogens with zero attached hydrogens (tertiary/aromatic N) is 1. The van der Waals surface area contributed by atoms with Crippen LogP contribution < -0.4 is 14.4 Å². The van der Waals surface area contributed by atoms with E-state index in [4.69, 9.17) is 4.74 Å². The van der Waals surface area contributed by atoms with Gasteiger partial charge in [-0.25, -0.2) is 13.1 Å². The predicted octanol–water partition coefficient (Wildman–Crippen LogP) is 3.87. The van der Waals surface area contributed by atoms with Crippen molar-refractivity contribution in [2.24, 2.45) is 0 Å². The molecule has 30 heavy (non-hydrogen) atoms. The maximum absolute atomic E-state index is 13.0. The predicted molar refractivity (Wildman–Crippen MR) is 117 cm³/mol. The van der Waals surface area contributed by atoms with E-state index in [1.165, 1.54) is 0 Å². The smallest absolute Gasteiger partial charge is 0.258 e. The highest BCUT2D eigenvalue weighted by Gasteiger charge is 2.34. The van der Waals surface area contributed by atoms with Crippen molar-refractivity contribution >= 4 is 27.2 Å². The van der Waals surface area contributed by atoms with Gasteiger partial charge in [0.25, 0.3) is 5.91 Å². The number of fused-ring (bicyclic) bond motifs is 1. The second-order valence-electron chi connectivity index (χ2n) is 7.59. The number of nitrogens with one attached hydrogen (secondary N) is 1. The summed E-state index contributed by atoms with van der Waals surface area (Å²) in [5.74, 6) is 0.618. The molecule has 1 heterocycles. The number of carbonyl (C=O) groups excluding carboxylic acids is 1. The van der Waals surface area contributed by atoms with Gasteiger partial charge >= 0.3 is 0 Å². The van der Waals surface area contributed by atoms with Crippen molar-refractivity contribution in [1.82, 2.24) is 4.72 Å². The van der Waals surface area contributed by atoms with Crippen LogP contribution in [0.1, 0.15) is 43.7 Å². The lowest BCUT2D eigenvalue weighted by molar-refractivity contribution is -0.112. The SMILES string of the molecule is CCOc1ccccc1CNS(=O)(=O)c1ccc2c(c1)C(=C1CCCC1)C(=O)N2C. The molecule has 6 nitrogen and oxygen atoms in total. The number of hydrogen-bond acceptors (Lipinski definition) is 4. The Morgan fingerprint density at radius 2 is 1.83 bits per heavy atom. The van der Waals surface area contributed by atoms with Crippen LogP contribution in [0.2, 0.25) is 0 Å². The second kappa shape index (κ2) is 8.24. The number of carbonyl (C=O) groups is 1. The monoisotopic (exact) mass is 426 g/mol. The molecule has 1 N–H and O–H groups in total. The van der Waals surface area contributed by atoms with Crippen LogP contribution in [0.15, 0.2) is 52.9 Å². The zero-order valence-electron chi connectivity index (χ0n) is 17.3. The van der Waals surface area contributed by atoms with Crippen molar-refractivity contribution in [1.29, 1.82) is 0 Å². The number of hydrogen-bond donors (Lipinski definition) is 1. The maximum Gasteiger partial charge on any atom is 0.258 e. The molecule has 1 aliphatic heterocycles. The van der Waals surface area contributed by atoms with E-state index in [9.17, 15) is 13.2 Å². The summed E-state index contributed by atoms with van der Waals surface area (Å²) in [6.07, 6.45) is 3.95. The van der Waals surface area contributed by atoms with Crippen molar-refractivity contribution < 1.29 is 17.9 Å². The van der Waals surface area contributed by atoms with Gasteiger partial charge in [0.15, 0.2) is 0 Å². The first-order valence-corrected chi connectivity index (χ1v) is 11.8.